The summed E-state index contributed by atoms with van der Waals surface area (Å²) in [6, 6.07) is 0. The molecule has 0 rings (SSSR count). The third kappa shape index (κ3) is 4.30. The van der Waals surface area contributed by atoms with Gasteiger partial charge in [0.25, 0.3) is 0 Å². The van der Waals surface area contributed by atoms with Crippen LogP contribution in [0.15, 0.2) is 0 Å². The molecule has 0 atom stereocenters. The molecule has 0 aromatic heterocycles. The van der Waals surface area contributed by atoms with Gasteiger partial charge in [0.1, 0.15) is 5.54 Å². The van der Waals surface area contributed by atoms with E-state index in [-0.39, 0.29) is 0 Å². The van der Waals surface area contributed by atoms with E-state index in [1.54, 1.807) is 0 Å². The zero-order valence-corrected chi connectivity index (χ0v) is 12.3. The highest BCUT2D eigenvalue weighted by Crippen LogP contribution is 2.26. The lowest BCUT2D eigenvalue weighted by Gasteiger charge is -2.41. The predicted octanol–water partition coefficient (Wildman–Crippen LogP) is 3.24. The van der Waals surface area contributed by atoms with Crippen molar-refractivity contribution in [2.45, 2.75) is 59.9 Å². The van der Waals surface area contributed by atoms with Crippen LogP contribution in [0, 0.1) is 11.8 Å². The summed E-state index contributed by atoms with van der Waals surface area (Å²) >= 11 is 0. The number of hydrogen-bond acceptors (Lipinski definition) is 2. The van der Waals surface area contributed by atoms with Gasteiger partial charge in [0.15, 0.2) is 0 Å². The molecule has 0 saturated heterocycles. The zero-order chi connectivity index (χ0) is 13.6. The van der Waals surface area contributed by atoms with Gasteiger partial charge in [0.05, 0.1) is 0 Å². The second-order valence-corrected chi connectivity index (χ2v) is 5.74. The Labute approximate surface area is 106 Å². The van der Waals surface area contributed by atoms with E-state index in [4.69, 9.17) is 0 Å². The molecule has 0 aliphatic rings. The van der Waals surface area contributed by atoms with Gasteiger partial charge in [0, 0.05) is 13.1 Å². The number of nitrogens with zero attached hydrogens (tertiary/aromatic N) is 1. The first-order chi connectivity index (χ1) is 7.80. The number of carbonyl (C=O) groups is 1. The lowest BCUT2D eigenvalue weighted by molar-refractivity contribution is -0.153. The first kappa shape index (κ1) is 16.4. The van der Waals surface area contributed by atoms with E-state index >= 15 is 0 Å². The molecule has 0 aromatic carbocycles. The summed E-state index contributed by atoms with van der Waals surface area (Å²) < 4.78 is 0. The van der Waals surface area contributed by atoms with Gasteiger partial charge in [-0.15, -0.1) is 0 Å². The van der Waals surface area contributed by atoms with Crippen LogP contribution < -0.4 is 0 Å². The smallest absolute Gasteiger partial charge is 0.324 e. The lowest BCUT2D eigenvalue weighted by atomic mass is 9.88. The molecule has 0 aliphatic heterocycles. The van der Waals surface area contributed by atoms with Gasteiger partial charge in [-0.2, -0.15) is 0 Å². The van der Waals surface area contributed by atoms with E-state index < -0.39 is 11.5 Å². The summed E-state index contributed by atoms with van der Waals surface area (Å²) in [5.41, 5.74) is -0.686. The van der Waals surface area contributed by atoms with Crippen LogP contribution in [-0.2, 0) is 4.79 Å². The Morgan fingerprint density at radius 1 is 1.06 bits per heavy atom. The molecule has 0 unspecified atom stereocenters. The van der Waals surface area contributed by atoms with E-state index in [9.17, 15) is 9.90 Å². The zero-order valence-electron chi connectivity index (χ0n) is 12.3. The predicted molar refractivity (Wildman–Crippen MR) is 72.2 cm³/mol. The topological polar surface area (TPSA) is 40.5 Å². The SMILES string of the molecule is CCC(CC)(C(=O)O)N(CC(C)C)CC(C)C. The Morgan fingerprint density at radius 3 is 1.59 bits per heavy atom. The van der Waals surface area contributed by atoms with Crippen LogP contribution in [0.5, 0.6) is 0 Å². The summed E-state index contributed by atoms with van der Waals surface area (Å²) in [5, 5.41) is 9.58. The Hall–Kier alpha value is -0.570. The largest absolute Gasteiger partial charge is 0.480 e. The molecule has 17 heavy (non-hydrogen) atoms. The van der Waals surface area contributed by atoms with Gasteiger partial charge in [-0.25, -0.2) is 0 Å². The fraction of sp³-hybridized carbons (Fsp3) is 0.929. The fourth-order valence-electron chi connectivity index (χ4n) is 2.44. The molecular weight excluding hydrogens is 214 g/mol. The minimum atomic E-state index is -0.686. The standard InChI is InChI=1S/C14H29NO2/c1-7-14(8-2,13(16)17)15(9-11(3)4)10-12(5)6/h11-12H,7-10H2,1-6H3,(H,16,17). The summed E-state index contributed by atoms with van der Waals surface area (Å²) in [6.07, 6.45) is 1.33. The molecule has 0 fully saturated rings. The highest BCUT2D eigenvalue weighted by molar-refractivity contribution is 5.78. The third-order valence-electron chi connectivity index (χ3n) is 3.34. The molecule has 102 valence electrons. The van der Waals surface area contributed by atoms with Crippen molar-refractivity contribution in [3.8, 4) is 0 Å². The molecule has 3 heteroatoms. The molecule has 1 N–H and O–H groups in total. The maximum atomic E-state index is 11.6. The van der Waals surface area contributed by atoms with Gasteiger partial charge in [-0.3, -0.25) is 9.69 Å². The lowest BCUT2D eigenvalue weighted by Crippen LogP contribution is -2.56. The number of carboxylic acids is 1. The average Bonchev–Trinajstić information content (AvgIpc) is 2.17. The summed E-state index contributed by atoms with van der Waals surface area (Å²) in [5.74, 6) is 0.306. The first-order valence-electron chi connectivity index (χ1n) is 6.78. The number of aliphatic carboxylic acids is 1. The number of rotatable bonds is 8. The van der Waals surface area contributed by atoms with Crippen molar-refractivity contribution in [2.24, 2.45) is 11.8 Å². The van der Waals surface area contributed by atoms with Crippen molar-refractivity contribution >= 4 is 5.97 Å². The minimum Gasteiger partial charge on any atom is -0.480 e. The van der Waals surface area contributed by atoms with Gasteiger partial charge in [-0.05, 0) is 24.7 Å². The van der Waals surface area contributed by atoms with Crippen LogP contribution in [0.2, 0.25) is 0 Å². The van der Waals surface area contributed by atoms with Gasteiger partial charge in [-0.1, -0.05) is 41.5 Å². The maximum Gasteiger partial charge on any atom is 0.324 e. The minimum absolute atomic E-state index is 0.491. The highest BCUT2D eigenvalue weighted by atomic mass is 16.4. The second-order valence-electron chi connectivity index (χ2n) is 5.74. The van der Waals surface area contributed by atoms with Crippen molar-refractivity contribution in [1.29, 1.82) is 0 Å². The molecule has 0 heterocycles. The number of hydrogen-bond donors (Lipinski definition) is 1. The maximum absolute atomic E-state index is 11.6. The van der Waals surface area contributed by atoms with Crippen molar-refractivity contribution in [2.75, 3.05) is 13.1 Å². The molecule has 0 spiro atoms. The summed E-state index contributed by atoms with van der Waals surface area (Å²) in [7, 11) is 0. The van der Waals surface area contributed by atoms with Gasteiger partial charge < -0.3 is 5.11 Å². The van der Waals surface area contributed by atoms with Crippen LogP contribution >= 0.6 is 0 Å². The molecule has 0 saturated carbocycles. The first-order valence-corrected chi connectivity index (χ1v) is 6.78. The molecule has 0 aromatic rings. The molecule has 0 aliphatic carbocycles. The molecule has 0 amide bonds. The van der Waals surface area contributed by atoms with Crippen LogP contribution in [0.25, 0.3) is 0 Å². The van der Waals surface area contributed by atoms with E-state index in [0.29, 0.717) is 24.7 Å². The van der Waals surface area contributed by atoms with E-state index in [1.165, 1.54) is 0 Å². The Bertz CT molecular complexity index is 222. The van der Waals surface area contributed by atoms with Crippen molar-refractivity contribution < 1.29 is 9.90 Å². The Kier molecular flexibility index (Phi) is 6.76. The Balaban J connectivity index is 5.12. The second kappa shape index (κ2) is 7.00. The number of carboxylic acid groups (broad SMARTS) is 1. The summed E-state index contributed by atoms with van der Waals surface area (Å²) in [6.45, 7) is 14.2. The quantitative estimate of drug-likeness (QED) is 0.711. The Morgan fingerprint density at radius 2 is 1.41 bits per heavy atom. The van der Waals surface area contributed by atoms with Crippen LogP contribution in [0.1, 0.15) is 54.4 Å². The van der Waals surface area contributed by atoms with E-state index in [2.05, 4.69) is 32.6 Å². The van der Waals surface area contributed by atoms with Crippen LogP contribution in [-0.4, -0.2) is 34.6 Å². The van der Waals surface area contributed by atoms with Crippen molar-refractivity contribution in [3.63, 3.8) is 0 Å². The monoisotopic (exact) mass is 243 g/mol. The molecule has 3 nitrogen and oxygen atoms in total. The van der Waals surface area contributed by atoms with Gasteiger partial charge in [0.2, 0.25) is 0 Å². The van der Waals surface area contributed by atoms with E-state index in [0.717, 1.165) is 13.1 Å². The van der Waals surface area contributed by atoms with Crippen molar-refractivity contribution in [1.82, 2.24) is 4.90 Å². The fourth-order valence-corrected chi connectivity index (χ4v) is 2.44. The summed E-state index contributed by atoms with van der Waals surface area (Å²) in [4.78, 5) is 13.8. The van der Waals surface area contributed by atoms with Crippen molar-refractivity contribution in [3.05, 3.63) is 0 Å². The normalized spacial score (nSPS) is 12.8. The van der Waals surface area contributed by atoms with Gasteiger partial charge >= 0.3 is 5.97 Å². The van der Waals surface area contributed by atoms with Crippen LogP contribution in [0.4, 0.5) is 0 Å². The van der Waals surface area contributed by atoms with E-state index in [1.807, 2.05) is 13.8 Å². The van der Waals surface area contributed by atoms with Crippen LogP contribution in [0.3, 0.4) is 0 Å². The highest BCUT2D eigenvalue weighted by Gasteiger charge is 2.41. The molecular formula is C14H29NO2. The molecule has 0 radical (unpaired) electrons. The average molecular weight is 243 g/mol. The third-order valence-corrected chi connectivity index (χ3v) is 3.34. The molecule has 0 bridgehead atoms.